The molecule has 0 amide bonds. The zero-order valence-corrected chi connectivity index (χ0v) is 14.5. The third kappa shape index (κ3) is 2.30. The first-order chi connectivity index (χ1) is 13.7. The number of pyridine rings is 1. The predicted octanol–water partition coefficient (Wildman–Crippen LogP) is 4.29. The van der Waals surface area contributed by atoms with Gasteiger partial charge in [0, 0.05) is 6.20 Å². The molecule has 2 aromatic carbocycles. The normalized spacial score (nSPS) is 11.9. The van der Waals surface area contributed by atoms with E-state index in [1.54, 1.807) is 42.6 Å². The molecule has 0 radical (unpaired) electrons. The molecule has 1 aliphatic rings. The smallest absolute Gasteiger partial charge is 0.268 e. The van der Waals surface area contributed by atoms with Crippen molar-refractivity contribution in [3.63, 3.8) is 0 Å². The zero-order valence-electron chi connectivity index (χ0n) is 14.5. The summed E-state index contributed by atoms with van der Waals surface area (Å²) < 4.78 is 20.7. The Kier molecular flexibility index (Phi) is 3.49. The van der Waals surface area contributed by atoms with Gasteiger partial charge in [-0.2, -0.15) is 5.26 Å². The summed E-state index contributed by atoms with van der Waals surface area (Å²) in [7, 11) is 0. The Hall–Kier alpha value is -3.98. The van der Waals surface area contributed by atoms with Crippen LogP contribution in [0, 0.1) is 17.1 Å². The van der Waals surface area contributed by atoms with Crippen molar-refractivity contribution in [1.82, 2.24) is 9.55 Å². The van der Waals surface area contributed by atoms with Gasteiger partial charge in [-0.3, -0.25) is 9.36 Å². The molecule has 0 aliphatic carbocycles. The number of carbonyl (C=O) groups excluding carboxylic acids is 1. The van der Waals surface area contributed by atoms with Crippen LogP contribution in [0.1, 0.15) is 21.5 Å². The van der Waals surface area contributed by atoms with E-state index in [0.29, 0.717) is 39.2 Å². The second kappa shape index (κ2) is 6.03. The minimum Gasteiger partial charge on any atom is -0.487 e. The number of fused-ring (bicyclic) bond motifs is 4. The van der Waals surface area contributed by atoms with Gasteiger partial charge in [0.05, 0.1) is 28.2 Å². The summed E-state index contributed by atoms with van der Waals surface area (Å²) in [6.45, 7) is 0.133. The molecule has 4 aromatic rings. The molecule has 3 heterocycles. The molecular weight excluding hydrogens is 357 g/mol. The third-order valence-electron chi connectivity index (χ3n) is 4.81. The van der Waals surface area contributed by atoms with Crippen LogP contribution in [0.5, 0.6) is 5.75 Å². The predicted molar refractivity (Wildman–Crippen MR) is 100 cm³/mol. The first kappa shape index (κ1) is 16.2. The van der Waals surface area contributed by atoms with Crippen LogP contribution >= 0.6 is 0 Å². The summed E-state index contributed by atoms with van der Waals surface area (Å²) in [6, 6.07) is 16.9. The molecular formula is C22H12FN3O2. The Labute approximate surface area is 159 Å². The highest BCUT2D eigenvalue weighted by Crippen LogP contribution is 2.42. The quantitative estimate of drug-likeness (QED) is 0.476. The van der Waals surface area contributed by atoms with Gasteiger partial charge in [-0.15, -0.1) is 0 Å². The molecule has 134 valence electrons. The molecule has 1 aliphatic heterocycles. The molecule has 28 heavy (non-hydrogen) atoms. The Bertz CT molecular complexity index is 1300. The van der Waals surface area contributed by atoms with E-state index in [1.165, 1.54) is 16.7 Å². The lowest BCUT2D eigenvalue weighted by molar-refractivity contribution is 0.0965. The molecule has 0 atom stereocenters. The summed E-state index contributed by atoms with van der Waals surface area (Å²) >= 11 is 0. The van der Waals surface area contributed by atoms with Gasteiger partial charge >= 0.3 is 0 Å². The Balaban J connectivity index is 1.72. The summed E-state index contributed by atoms with van der Waals surface area (Å²) in [6.07, 6.45) is 1.68. The molecule has 6 heteroatoms. The molecule has 0 bridgehead atoms. The standard InChI is InChI=1S/C22H12FN3O2/c23-15-8-6-13(7-9-15)12-28-21-18-14(11-24)3-1-4-16(18)25-20-17-5-2-10-26(17)22(27)19(20)21/h1-10H,12H2. The largest absolute Gasteiger partial charge is 0.487 e. The van der Waals surface area contributed by atoms with Crippen LogP contribution < -0.4 is 4.74 Å². The minimum absolute atomic E-state index is 0.133. The van der Waals surface area contributed by atoms with Crippen molar-refractivity contribution < 1.29 is 13.9 Å². The van der Waals surface area contributed by atoms with E-state index >= 15 is 0 Å². The molecule has 0 N–H and O–H groups in total. The number of aromatic nitrogens is 2. The van der Waals surface area contributed by atoms with Gasteiger partial charge in [-0.25, -0.2) is 9.37 Å². The van der Waals surface area contributed by atoms with Gasteiger partial charge in [0.1, 0.15) is 29.4 Å². The number of hydrogen-bond donors (Lipinski definition) is 0. The van der Waals surface area contributed by atoms with E-state index in [1.807, 2.05) is 6.07 Å². The summed E-state index contributed by atoms with van der Waals surface area (Å²) in [5.41, 5.74) is 3.27. The summed E-state index contributed by atoms with van der Waals surface area (Å²) in [4.78, 5) is 17.6. The molecule has 5 nitrogen and oxygen atoms in total. The van der Waals surface area contributed by atoms with Crippen LogP contribution in [0.3, 0.4) is 0 Å². The van der Waals surface area contributed by atoms with Gasteiger partial charge in [0.15, 0.2) is 0 Å². The van der Waals surface area contributed by atoms with Crippen LogP contribution in [0.15, 0.2) is 60.8 Å². The number of ether oxygens (including phenoxy) is 1. The fourth-order valence-electron chi connectivity index (χ4n) is 3.51. The van der Waals surface area contributed by atoms with Crippen LogP contribution in [0.2, 0.25) is 0 Å². The minimum atomic E-state index is -0.333. The Morgan fingerprint density at radius 2 is 1.93 bits per heavy atom. The van der Waals surface area contributed by atoms with Crippen molar-refractivity contribution in [3.8, 4) is 23.2 Å². The summed E-state index contributed by atoms with van der Waals surface area (Å²) in [5.74, 6) is -0.248. The Morgan fingerprint density at radius 3 is 2.71 bits per heavy atom. The molecule has 5 rings (SSSR count). The van der Waals surface area contributed by atoms with Crippen molar-refractivity contribution in [2.24, 2.45) is 0 Å². The second-order valence-electron chi connectivity index (χ2n) is 6.46. The van der Waals surface area contributed by atoms with E-state index in [-0.39, 0.29) is 18.3 Å². The zero-order chi connectivity index (χ0) is 19.3. The SMILES string of the molecule is N#Cc1cccc2nc3c(c(OCc4ccc(F)cc4)c12)C(=O)n1cccc1-3. The van der Waals surface area contributed by atoms with E-state index in [2.05, 4.69) is 11.1 Å². The van der Waals surface area contributed by atoms with Gasteiger partial charge in [0.25, 0.3) is 5.91 Å². The van der Waals surface area contributed by atoms with Crippen LogP contribution in [0.25, 0.3) is 22.3 Å². The first-order valence-electron chi connectivity index (χ1n) is 8.64. The van der Waals surface area contributed by atoms with Gasteiger partial charge in [-0.1, -0.05) is 18.2 Å². The van der Waals surface area contributed by atoms with Gasteiger partial charge < -0.3 is 4.74 Å². The lowest BCUT2D eigenvalue weighted by Gasteiger charge is -2.14. The van der Waals surface area contributed by atoms with Crippen molar-refractivity contribution in [1.29, 1.82) is 5.26 Å². The van der Waals surface area contributed by atoms with E-state index in [0.717, 1.165) is 5.56 Å². The maximum absolute atomic E-state index is 13.2. The van der Waals surface area contributed by atoms with Crippen molar-refractivity contribution in [3.05, 3.63) is 83.3 Å². The van der Waals surface area contributed by atoms with Crippen molar-refractivity contribution in [2.75, 3.05) is 0 Å². The number of benzene rings is 2. The monoisotopic (exact) mass is 369 g/mol. The number of nitriles is 1. The maximum atomic E-state index is 13.2. The fourth-order valence-corrected chi connectivity index (χ4v) is 3.51. The van der Waals surface area contributed by atoms with Gasteiger partial charge in [0.2, 0.25) is 0 Å². The first-order valence-corrected chi connectivity index (χ1v) is 8.64. The van der Waals surface area contributed by atoms with E-state index < -0.39 is 0 Å². The highest BCUT2D eigenvalue weighted by Gasteiger charge is 2.33. The van der Waals surface area contributed by atoms with Crippen molar-refractivity contribution >= 4 is 16.8 Å². The molecule has 0 spiro atoms. The second-order valence-corrected chi connectivity index (χ2v) is 6.46. The number of halogens is 1. The molecule has 0 saturated carbocycles. The van der Waals surface area contributed by atoms with Crippen LogP contribution in [-0.4, -0.2) is 15.5 Å². The van der Waals surface area contributed by atoms with E-state index in [4.69, 9.17) is 4.74 Å². The molecule has 0 unspecified atom stereocenters. The highest BCUT2D eigenvalue weighted by atomic mass is 19.1. The number of carbonyl (C=O) groups is 1. The molecule has 2 aromatic heterocycles. The number of hydrogen-bond acceptors (Lipinski definition) is 4. The van der Waals surface area contributed by atoms with Crippen LogP contribution in [0.4, 0.5) is 4.39 Å². The Morgan fingerprint density at radius 1 is 1.11 bits per heavy atom. The fraction of sp³-hybridized carbons (Fsp3) is 0.0455. The highest BCUT2D eigenvalue weighted by molar-refractivity contribution is 6.14. The van der Waals surface area contributed by atoms with E-state index in [9.17, 15) is 14.4 Å². The lowest BCUT2D eigenvalue weighted by atomic mass is 10.0. The van der Waals surface area contributed by atoms with Crippen LogP contribution in [-0.2, 0) is 6.61 Å². The molecule has 0 fully saturated rings. The summed E-state index contributed by atoms with van der Waals surface area (Å²) in [5, 5.41) is 10.1. The average molecular weight is 369 g/mol. The number of rotatable bonds is 3. The average Bonchev–Trinajstić information content (AvgIpc) is 3.29. The maximum Gasteiger partial charge on any atom is 0.268 e. The number of nitrogens with zero attached hydrogens (tertiary/aromatic N) is 3. The van der Waals surface area contributed by atoms with Crippen molar-refractivity contribution in [2.45, 2.75) is 6.61 Å². The lowest BCUT2D eigenvalue weighted by Crippen LogP contribution is -2.08. The van der Waals surface area contributed by atoms with Gasteiger partial charge in [-0.05, 0) is 42.0 Å². The third-order valence-corrected chi connectivity index (χ3v) is 4.81. The topological polar surface area (TPSA) is 67.9 Å². The molecule has 0 saturated heterocycles.